The lowest BCUT2D eigenvalue weighted by Gasteiger charge is -2.16. The molecule has 0 radical (unpaired) electrons. The number of benzene rings is 4. The van der Waals surface area contributed by atoms with Gasteiger partial charge in [0, 0.05) is 11.1 Å². The zero-order chi connectivity index (χ0) is 23.9. The molecule has 0 aliphatic carbocycles. The Morgan fingerprint density at radius 1 is 0.441 bits per heavy atom. The first-order chi connectivity index (χ1) is 16.6. The van der Waals surface area contributed by atoms with Crippen molar-refractivity contribution in [2.45, 2.75) is 6.42 Å². The molecule has 0 fully saturated rings. The number of hydrogen-bond donors (Lipinski definition) is 0. The minimum Gasteiger partial charge on any atom is -0.497 e. The van der Waals surface area contributed by atoms with Crippen LogP contribution < -0.4 is 23.7 Å². The molecule has 4 rings (SSSR count). The highest BCUT2D eigenvalue weighted by molar-refractivity contribution is 5.78. The molecular formula is C29H28O5. The molecule has 0 N–H and O–H groups in total. The Morgan fingerprint density at radius 2 is 0.912 bits per heavy atom. The molecule has 0 saturated carbocycles. The third kappa shape index (κ3) is 5.26. The third-order valence-electron chi connectivity index (χ3n) is 5.59. The van der Waals surface area contributed by atoms with E-state index in [1.54, 1.807) is 28.4 Å². The summed E-state index contributed by atoms with van der Waals surface area (Å²) in [6.45, 7) is 0. The van der Waals surface area contributed by atoms with E-state index in [1.165, 1.54) is 5.56 Å². The average Bonchev–Trinajstić information content (AvgIpc) is 2.89. The van der Waals surface area contributed by atoms with Crippen molar-refractivity contribution >= 4 is 0 Å². The van der Waals surface area contributed by atoms with Crippen molar-refractivity contribution in [3.05, 3.63) is 96.1 Å². The lowest BCUT2D eigenvalue weighted by atomic mass is 9.97. The van der Waals surface area contributed by atoms with E-state index in [1.807, 2.05) is 60.7 Å². The summed E-state index contributed by atoms with van der Waals surface area (Å²) in [6.07, 6.45) is 0.783. The molecule has 174 valence electrons. The molecule has 0 bridgehead atoms. The van der Waals surface area contributed by atoms with E-state index in [0.29, 0.717) is 5.75 Å². The maximum atomic E-state index is 6.10. The van der Waals surface area contributed by atoms with Crippen LogP contribution in [0.2, 0.25) is 0 Å². The maximum absolute atomic E-state index is 6.10. The Kier molecular flexibility index (Phi) is 7.23. The van der Waals surface area contributed by atoms with E-state index < -0.39 is 0 Å². The minimum absolute atomic E-state index is 0.698. The highest BCUT2D eigenvalue weighted by Crippen LogP contribution is 2.40. The van der Waals surface area contributed by atoms with Crippen molar-refractivity contribution in [3.63, 3.8) is 0 Å². The van der Waals surface area contributed by atoms with E-state index >= 15 is 0 Å². The molecule has 0 amide bonds. The van der Waals surface area contributed by atoms with Crippen LogP contribution in [0.15, 0.2) is 84.9 Å². The fourth-order valence-electron chi connectivity index (χ4n) is 3.80. The smallest absolute Gasteiger partial charge is 0.128 e. The zero-order valence-electron chi connectivity index (χ0n) is 19.8. The Labute approximate surface area is 200 Å². The van der Waals surface area contributed by atoms with Crippen LogP contribution in [0.5, 0.6) is 34.5 Å². The van der Waals surface area contributed by atoms with Crippen molar-refractivity contribution in [2.24, 2.45) is 0 Å². The second-order valence-electron chi connectivity index (χ2n) is 7.70. The molecule has 0 spiro atoms. The molecule has 0 aliphatic heterocycles. The van der Waals surface area contributed by atoms with E-state index in [0.717, 1.165) is 51.9 Å². The first-order valence-corrected chi connectivity index (χ1v) is 10.9. The van der Waals surface area contributed by atoms with Crippen molar-refractivity contribution in [3.8, 4) is 45.6 Å². The normalized spacial score (nSPS) is 10.5. The van der Waals surface area contributed by atoms with Gasteiger partial charge in [0.25, 0.3) is 0 Å². The first-order valence-electron chi connectivity index (χ1n) is 10.9. The van der Waals surface area contributed by atoms with Crippen LogP contribution in [0.25, 0.3) is 11.1 Å². The monoisotopic (exact) mass is 456 g/mol. The Hall–Kier alpha value is -4.12. The lowest BCUT2D eigenvalue weighted by Crippen LogP contribution is -1.96. The number of ether oxygens (including phenoxy) is 5. The fraction of sp³-hybridized carbons (Fsp3) is 0.172. The van der Waals surface area contributed by atoms with Crippen LogP contribution in [-0.4, -0.2) is 28.4 Å². The van der Waals surface area contributed by atoms with Crippen LogP contribution >= 0.6 is 0 Å². The maximum Gasteiger partial charge on any atom is 0.128 e. The van der Waals surface area contributed by atoms with Crippen molar-refractivity contribution in [1.82, 2.24) is 0 Å². The van der Waals surface area contributed by atoms with Gasteiger partial charge in [0.1, 0.15) is 34.5 Å². The predicted octanol–water partition coefficient (Wildman–Crippen LogP) is 6.77. The van der Waals surface area contributed by atoms with E-state index in [9.17, 15) is 0 Å². The van der Waals surface area contributed by atoms with Gasteiger partial charge in [0.2, 0.25) is 0 Å². The molecule has 4 aromatic rings. The quantitative estimate of drug-likeness (QED) is 0.278. The molecule has 0 aromatic heterocycles. The summed E-state index contributed by atoms with van der Waals surface area (Å²) < 4.78 is 28.0. The highest BCUT2D eigenvalue weighted by Gasteiger charge is 2.14. The van der Waals surface area contributed by atoms with Gasteiger partial charge in [-0.2, -0.15) is 0 Å². The van der Waals surface area contributed by atoms with E-state index in [4.69, 9.17) is 23.7 Å². The van der Waals surface area contributed by atoms with Gasteiger partial charge < -0.3 is 23.7 Å². The molecule has 4 aromatic carbocycles. The summed E-state index contributed by atoms with van der Waals surface area (Å²) in [7, 11) is 6.65. The molecule has 0 unspecified atom stereocenters. The molecule has 5 heteroatoms. The van der Waals surface area contributed by atoms with Crippen LogP contribution in [0.3, 0.4) is 0 Å². The van der Waals surface area contributed by atoms with Gasteiger partial charge >= 0.3 is 0 Å². The van der Waals surface area contributed by atoms with Gasteiger partial charge in [-0.15, -0.1) is 0 Å². The molecule has 0 atom stereocenters. The van der Waals surface area contributed by atoms with E-state index in [-0.39, 0.29) is 0 Å². The molecule has 0 aliphatic rings. The van der Waals surface area contributed by atoms with Gasteiger partial charge in [-0.05, 0) is 84.3 Å². The molecular weight excluding hydrogens is 428 g/mol. The number of methoxy groups -OCH3 is 4. The zero-order valence-corrected chi connectivity index (χ0v) is 19.8. The van der Waals surface area contributed by atoms with Crippen LogP contribution in [0.1, 0.15) is 11.1 Å². The summed E-state index contributed by atoms with van der Waals surface area (Å²) >= 11 is 0. The average molecular weight is 457 g/mol. The first kappa shape index (κ1) is 23.1. The van der Waals surface area contributed by atoms with Crippen LogP contribution in [-0.2, 0) is 6.42 Å². The highest BCUT2D eigenvalue weighted by atomic mass is 16.5. The Bertz CT molecular complexity index is 1130. The topological polar surface area (TPSA) is 46.2 Å². The van der Waals surface area contributed by atoms with Gasteiger partial charge in [-0.25, -0.2) is 0 Å². The van der Waals surface area contributed by atoms with Crippen LogP contribution in [0.4, 0.5) is 0 Å². The van der Waals surface area contributed by atoms with Gasteiger partial charge in [0.05, 0.1) is 28.4 Å². The molecule has 34 heavy (non-hydrogen) atoms. The SMILES string of the molecule is COc1ccc(Cc2ccc(OC)c(-c3cc(Oc4ccc(OC)cc4)ccc3OC)c2)cc1. The standard InChI is InChI=1S/C29H28O5/c1-30-22-8-5-20(6-9-22)17-21-7-15-28(32-3)26(18-21)27-19-25(14-16-29(27)33-4)34-24-12-10-23(31-2)11-13-24/h5-16,18-19H,17H2,1-4H3. The van der Waals surface area contributed by atoms with Gasteiger partial charge in [0.15, 0.2) is 0 Å². The van der Waals surface area contributed by atoms with E-state index in [2.05, 4.69) is 24.3 Å². The summed E-state index contributed by atoms with van der Waals surface area (Å²) in [4.78, 5) is 0. The van der Waals surface area contributed by atoms with Crippen molar-refractivity contribution in [1.29, 1.82) is 0 Å². The second kappa shape index (κ2) is 10.7. The molecule has 5 nitrogen and oxygen atoms in total. The lowest BCUT2D eigenvalue weighted by molar-refractivity contribution is 0.408. The number of rotatable bonds is 9. The summed E-state index contributed by atoms with van der Waals surface area (Å²) in [5, 5.41) is 0. The minimum atomic E-state index is 0.698. The molecule has 0 saturated heterocycles. The predicted molar refractivity (Wildman–Crippen MR) is 134 cm³/mol. The van der Waals surface area contributed by atoms with Gasteiger partial charge in [-0.3, -0.25) is 0 Å². The third-order valence-corrected chi connectivity index (χ3v) is 5.59. The Balaban J connectivity index is 1.67. The fourth-order valence-corrected chi connectivity index (χ4v) is 3.80. The second-order valence-corrected chi connectivity index (χ2v) is 7.70. The van der Waals surface area contributed by atoms with Crippen molar-refractivity contribution < 1.29 is 23.7 Å². The Morgan fingerprint density at radius 3 is 1.50 bits per heavy atom. The van der Waals surface area contributed by atoms with Crippen molar-refractivity contribution in [2.75, 3.05) is 28.4 Å². The largest absolute Gasteiger partial charge is 0.497 e. The van der Waals surface area contributed by atoms with Gasteiger partial charge in [-0.1, -0.05) is 18.2 Å². The van der Waals surface area contributed by atoms with Crippen LogP contribution in [0, 0.1) is 0 Å². The molecule has 0 heterocycles. The summed E-state index contributed by atoms with van der Waals surface area (Å²) in [5.74, 6) is 4.54. The number of hydrogen-bond acceptors (Lipinski definition) is 5. The summed E-state index contributed by atoms with van der Waals surface area (Å²) in [5.41, 5.74) is 4.18. The summed E-state index contributed by atoms with van der Waals surface area (Å²) in [6, 6.07) is 27.6.